The summed E-state index contributed by atoms with van der Waals surface area (Å²) < 4.78 is 12.1. The van der Waals surface area contributed by atoms with Gasteiger partial charge in [-0.2, -0.15) is 0 Å². The summed E-state index contributed by atoms with van der Waals surface area (Å²) in [6.07, 6.45) is 2.97. The lowest BCUT2D eigenvalue weighted by Crippen LogP contribution is -2.18. The molecule has 2 heterocycles. The van der Waals surface area contributed by atoms with Crippen LogP contribution in [0, 0.1) is 0 Å². The van der Waals surface area contributed by atoms with Crippen molar-refractivity contribution in [3.8, 4) is 5.75 Å². The van der Waals surface area contributed by atoms with Gasteiger partial charge in [-0.1, -0.05) is 60.7 Å². The standard InChI is InChI=1S/C26H21NO3/c1-17-20(15-19-11-5-7-13-23(19)29-17)16-21(25(28)18-9-3-2-4-10-18)26-27-22-12-6-8-14-24(22)30-26/h2-17,25,28H,1H3. The van der Waals surface area contributed by atoms with E-state index in [4.69, 9.17) is 9.15 Å². The zero-order chi connectivity index (χ0) is 20.5. The molecule has 1 aliphatic heterocycles. The van der Waals surface area contributed by atoms with E-state index >= 15 is 0 Å². The largest absolute Gasteiger partial charge is 0.485 e. The molecule has 4 aromatic rings. The lowest BCUT2D eigenvalue weighted by atomic mass is 9.95. The third-order valence-electron chi connectivity index (χ3n) is 5.29. The Labute approximate surface area is 174 Å². The summed E-state index contributed by atoms with van der Waals surface area (Å²) in [5, 5.41) is 11.2. The van der Waals surface area contributed by atoms with Crippen LogP contribution in [-0.2, 0) is 0 Å². The molecule has 148 valence electrons. The monoisotopic (exact) mass is 395 g/mol. The number of ether oxygens (including phenoxy) is 1. The van der Waals surface area contributed by atoms with Gasteiger partial charge in [-0.3, -0.25) is 0 Å². The van der Waals surface area contributed by atoms with E-state index in [1.165, 1.54) is 0 Å². The summed E-state index contributed by atoms with van der Waals surface area (Å²) in [6.45, 7) is 2.00. The second-order valence-electron chi connectivity index (χ2n) is 7.34. The zero-order valence-corrected chi connectivity index (χ0v) is 16.5. The molecular formula is C26H21NO3. The molecule has 0 saturated heterocycles. The van der Waals surface area contributed by atoms with Crippen LogP contribution in [0.1, 0.15) is 30.0 Å². The number of fused-ring (bicyclic) bond motifs is 2. The van der Waals surface area contributed by atoms with Crippen molar-refractivity contribution in [3.05, 3.63) is 108 Å². The first kappa shape index (κ1) is 18.4. The van der Waals surface area contributed by atoms with Crippen molar-refractivity contribution in [2.24, 2.45) is 0 Å². The summed E-state index contributed by atoms with van der Waals surface area (Å²) in [6, 6.07) is 25.1. The van der Waals surface area contributed by atoms with Gasteiger partial charge in [-0.15, -0.1) is 0 Å². The molecule has 0 spiro atoms. The van der Waals surface area contributed by atoms with E-state index < -0.39 is 6.10 Å². The molecule has 2 atom stereocenters. The summed E-state index contributed by atoms with van der Waals surface area (Å²) in [4.78, 5) is 4.63. The SMILES string of the molecule is CC1Oc2ccccc2C=C1C=C(c1nc2ccccc2o1)C(O)c1ccccc1. The lowest BCUT2D eigenvalue weighted by molar-refractivity contribution is 0.234. The Morgan fingerprint density at radius 1 is 0.967 bits per heavy atom. The van der Waals surface area contributed by atoms with E-state index in [1.54, 1.807) is 0 Å². The minimum Gasteiger partial charge on any atom is -0.485 e. The van der Waals surface area contributed by atoms with Gasteiger partial charge < -0.3 is 14.3 Å². The number of aromatic nitrogens is 1. The highest BCUT2D eigenvalue weighted by molar-refractivity contribution is 5.79. The fourth-order valence-electron chi connectivity index (χ4n) is 3.67. The number of oxazole rings is 1. The first-order valence-electron chi connectivity index (χ1n) is 9.97. The number of para-hydroxylation sites is 3. The average molecular weight is 395 g/mol. The Bertz CT molecular complexity index is 1220. The number of aliphatic hydroxyl groups excluding tert-OH is 1. The molecule has 1 aliphatic rings. The van der Waals surface area contributed by atoms with E-state index in [9.17, 15) is 5.11 Å². The van der Waals surface area contributed by atoms with Crippen molar-refractivity contribution in [1.82, 2.24) is 4.98 Å². The van der Waals surface area contributed by atoms with Crippen molar-refractivity contribution in [2.45, 2.75) is 19.1 Å². The maximum atomic E-state index is 11.2. The topological polar surface area (TPSA) is 55.5 Å². The maximum Gasteiger partial charge on any atom is 0.226 e. The van der Waals surface area contributed by atoms with E-state index in [-0.39, 0.29) is 6.10 Å². The van der Waals surface area contributed by atoms with Crippen molar-refractivity contribution < 1.29 is 14.3 Å². The first-order chi connectivity index (χ1) is 14.7. The molecule has 0 bridgehead atoms. The smallest absolute Gasteiger partial charge is 0.226 e. The van der Waals surface area contributed by atoms with Gasteiger partial charge in [0.1, 0.15) is 23.5 Å². The number of hydrogen-bond acceptors (Lipinski definition) is 4. The van der Waals surface area contributed by atoms with Gasteiger partial charge in [-0.05, 0) is 48.4 Å². The number of benzene rings is 3. The van der Waals surface area contributed by atoms with Gasteiger partial charge in [0.2, 0.25) is 5.89 Å². The van der Waals surface area contributed by atoms with Crippen LogP contribution in [0.5, 0.6) is 5.75 Å². The van der Waals surface area contributed by atoms with Gasteiger partial charge in [0.25, 0.3) is 0 Å². The van der Waals surface area contributed by atoms with Crippen LogP contribution in [0.15, 0.2) is 94.9 Å². The minimum absolute atomic E-state index is 0.165. The fraction of sp³-hybridized carbons (Fsp3) is 0.115. The van der Waals surface area contributed by atoms with Gasteiger partial charge >= 0.3 is 0 Å². The van der Waals surface area contributed by atoms with E-state index in [1.807, 2.05) is 91.9 Å². The van der Waals surface area contributed by atoms with Crippen molar-refractivity contribution >= 4 is 22.7 Å². The highest BCUT2D eigenvalue weighted by atomic mass is 16.5. The van der Waals surface area contributed by atoms with Gasteiger partial charge in [0.05, 0.1) is 0 Å². The van der Waals surface area contributed by atoms with E-state index in [0.717, 1.165) is 28.0 Å². The third-order valence-corrected chi connectivity index (χ3v) is 5.29. The lowest BCUT2D eigenvalue weighted by Gasteiger charge is -2.24. The van der Waals surface area contributed by atoms with Crippen LogP contribution in [-0.4, -0.2) is 16.2 Å². The van der Waals surface area contributed by atoms with Crippen molar-refractivity contribution in [3.63, 3.8) is 0 Å². The Balaban J connectivity index is 1.65. The number of hydrogen-bond donors (Lipinski definition) is 1. The second-order valence-corrected chi connectivity index (χ2v) is 7.34. The fourth-order valence-corrected chi connectivity index (χ4v) is 3.67. The molecule has 0 radical (unpaired) electrons. The maximum absolute atomic E-state index is 11.2. The van der Waals surface area contributed by atoms with Gasteiger partial charge in [-0.25, -0.2) is 4.98 Å². The van der Waals surface area contributed by atoms with E-state index in [0.29, 0.717) is 17.0 Å². The van der Waals surface area contributed by atoms with Gasteiger partial charge in [0.15, 0.2) is 5.58 Å². The molecule has 0 aliphatic carbocycles. The predicted molar refractivity (Wildman–Crippen MR) is 118 cm³/mol. The molecule has 1 N–H and O–H groups in total. The quantitative estimate of drug-likeness (QED) is 0.474. The molecular weight excluding hydrogens is 374 g/mol. The van der Waals surface area contributed by atoms with Crippen LogP contribution >= 0.6 is 0 Å². The van der Waals surface area contributed by atoms with Crippen LogP contribution in [0.4, 0.5) is 0 Å². The number of rotatable bonds is 4. The van der Waals surface area contributed by atoms with Crippen LogP contribution < -0.4 is 4.74 Å². The zero-order valence-electron chi connectivity index (χ0n) is 16.5. The number of nitrogens with zero attached hydrogens (tertiary/aromatic N) is 1. The molecule has 0 fully saturated rings. The summed E-state index contributed by atoms with van der Waals surface area (Å²) >= 11 is 0. The molecule has 0 saturated carbocycles. The van der Waals surface area contributed by atoms with E-state index in [2.05, 4.69) is 11.1 Å². The van der Waals surface area contributed by atoms with Gasteiger partial charge in [0, 0.05) is 11.1 Å². The third kappa shape index (κ3) is 3.42. The molecule has 4 nitrogen and oxygen atoms in total. The Morgan fingerprint density at radius 2 is 1.70 bits per heavy atom. The summed E-state index contributed by atoms with van der Waals surface area (Å²) in [5.74, 6) is 1.26. The highest BCUT2D eigenvalue weighted by Crippen LogP contribution is 2.36. The Hall–Kier alpha value is -3.63. The van der Waals surface area contributed by atoms with Crippen LogP contribution in [0.25, 0.3) is 22.7 Å². The predicted octanol–water partition coefficient (Wildman–Crippen LogP) is 5.81. The molecule has 1 aromatic heterocycles. The minimum atomic E-state index is -0.885. The van der Waals surface area contributed by atoms with Crippen molar-refractivity contribution in [1.29, 1.82) is 0 Å². The summed E-state index contributed by atoms with van der Waals surface area (Å²) in [5.41, 5.74) is 4.76. The highest BCUT2D eigenvalue weighted by Gasteiger charge is 2.24. The molecule has 0 amide bonds. The summed E-state index contributed by atoms with van der Waals surface area (Å²) in [7, 11) is 0. The number of aliphatic hydroxyl groups is 1. The van der Waals surface area contributed by atoms with Crippen molar-refractivity contribution in [2.75, 3.05) is 0 Å². The second kappa shape index (κ2) is 7.65. The Morgan fingerprint density at radius 3 is 2.53 bits per heavy atom. The molecule has 2 unspecified atom stereocenters. The average Bonchev–Trinajstić information content (AvgIpc) is 3.21. The normalized spacial score (nSPS) is 17.2. The molecule has 5 rings (SSSR count). The Kier molecular flexibility index (Phi) is 4.69. The first-order valence-corrected chi connectivity index (χ1v) is 9.97. The molecule has 3 aromatic carbocycles. The van der Waals surface area contributed by atoms with Crippen LogP contribution in [0.2, 0.25) is 0 Å². The van der Waals surface area contributed by atoms with Crippen LogP contribution in [0.3, 0.4) is 0 Å². The molecule has 30 heavy (non-hydrogen) atoms. The molecule has 4 heteroatoms.